The van der Waals surface area contributed by atoms with Gasteiger partial charge in [-0.2, -0.15) is 18.2 Å². The van der Waals surface area contributed by atoms with Gasteiger partial charge in [-0.1, -0.05) is 0 Å². The van der Waals surface area contributed by atoms with Gasteiger partial charge in [0.2, 0.25) is 5.95 Å². The van der Waals surface area contributed by atoms with E-state index in [0.29, 0.717) is 4.47 Å². The maximum Gasteiger partial charge on any atom is 0.405 e. The Morgan fingerprint density at radius 2 is 2.12 bits per heavy atom. The van der Waals surface area contributed by atoms with Crippen LogP contribution in [0, 0.1) is 0 Å². The molecule has 0 aromatic carbocycles. The lowest BCUT2D eigenvalue weighted by Crippen LogP contribution is -2.31. The highest BCUT2D eigenvalue weighted by molar-refractivity contribution is 9.10. The molecule has 1 heterocycles. The number of alkyl halides is 3. The second kappa shape index (κ2) is 4.86. The van der Waals surface area contributed by atoms with E-state index in [0.717, 1.165) is 4.90 Å². The highest BCUT2D eigenvalue weighted by atomic mass is 79.9. The molecule has 8 heteroatoms. The third-order valence-electron chi connectivity index (χ3n) is 1.73. The molecule has 0 fully saturated rings. The van der Waals surface area contributed by atoms with Crippen molar-refractivity contribution in [3.05, 3.63) is 10.7 Å². The topological polar surface area (TPSA) is 41.1 Å². The summed E-state index contributed by atoms with van der Waals surface area (Å²) in [6.45, 7) is -1.06. The van der Waals surface area contributed by atoms with Gasteiger partial charge in [-0.15, -0.1) is 0 Å². The predicted octanol–water partition coefficient (Wildman–Crippen LogP) is 2.28. The van der Waals surface area contributed by atoms with Gasteiger partial charge in [0.15, 0.2) is 0 Å². The first kappa shape index (κ1) is 13.0. The maximum absolute atomic E-state index is 12.2. The fraction of sp³-hybridized carbons (Fsp3) is 0.500. The first-order valence-corrected chi connectivity index (χ1v) is 5.11. The maximum atomic E-state index is 12.2. The lowest BCUT2D eigenvalue weighted by Gasteiger charge is -2.21. The molecule has 1 aromatic heterocycles. The van der Waals surface area contributed by atoms with E-state index in [4.69, 9.17) is 0 Å². The third kappa shape index (κ3) is 3.51. The van der Waals surface area contributed by atoms with Crippen LogP contribution in [-0.2, 0) is 0 Å². The number of nitrogens with zero attached hydrogens (tertiary/aromatic N) is 3. The van der Waals surface area contributed by atoms with E-state index in [1.165, 1.54) is 13.2 Å². The van der Waals surface area contributed by atoms with Crippen molar-refractivity contribution in [1.29, 1.82) is 0 Å². The molecule has 0 saturated carbocycles. The highest BCUT2D eigenvalue weighted by Gasteiger charge is 2.30. The lowest BCUT2D eigenvalue weighted by molar-refractivity contribution is -0.119. The van der Waals surface area contributed by atoms with Crippen LogP contribution in [0.5, 0.6) is 0 Å². The molecule has 0 aliphatic rings. The van der Waals surface area contributed by atoms with Crippen LogP contribution in [0.2, 0.25) is 0 Å². The van der Waals surface area contributed by atoms with Gasteiger partial charge in [-0.05, 0) is 15.9 Å². The van der Waals surface area contributed by atoms with Gasteiger partial charge >= 0.3 is 6.18 Å². The van der Waals surface area contributed by atoms with Crippen LogP contribution in [0.25, 0.3) is 0 Å². The van der Waals surface area contributed by atoms with E-state index in [9.17, 15) is 13.2 Å². The molecule has 4 nitrogen and oxygen atoms in total. The van der Waals surface area contributed by atoms with Gasteiger partial charge in [-0.25, -0.2) is 4.98 Å². The molecular formula is C8H10BrF3N4. The molecule has 1 aromatic rings. The summed E-state index contributed by atoms with van der Waals surface area (Å²) in [6, 6.07) is 0. The van der Waals surface area contributed by atoms with Crippen LogP contribution in [0.1, 0.15) is 0 Å². The molecule has 0 spiro atoms. The SMILES string of the molecule is CNc1ncc(Br)c(N(C)CC(F)(F)F)n1. The zero-order chi connectivity index (χ0) is 12.3. The minimum atomic E-state index is -4.26. The molecule has 0 aliphatic heterocycles. The molecule has 0 amide bonds. The summed E-state index contributed by atoms with van der Waals surface area (Å²) in [5.41, 5.74) is 0. The summed E-state index contributed by atoms with van der Waals surface area (Å²) < 4.78 is 37.0. The second-order valence-electron chi connectivity index (χ2n) is 3.09. The predicted molar refractivity (Wildman–Crippen MR) is 58.6 cm³/mol. The van der Waals surface area contributed by atoms with Crippen LogP contribution in [0.3, 0.4) is 0 Å². The molecule has 0 aliphatic carbocycles. The molecular weight excluding hydrogens is 289 g/mol. The first-order chi connectivity index (χ1) is 7.33. The van der Waals surface area contributed by atoms with Gasteiger partial charge in [-0.3, -0.25) is 0 Å². The third-order valence-corrected chi connectivity index (χ3v) is 2.29. The Kier molecular flexibility index (Phi) is 3.95. The van der Waals surface area contributed by atoms with Gasteiger partial charge in [0, 0.05) is 20.3 Å². The lowest BCUT2D eigenvalue weighted by atomic mass is 10.5. The summed E-state index contributed by atoms with van der Waals surface area (Å²) in [6.07, 6.45) is -2.86. The quantitative estimate of drug-likeness (QED) is 0.929. The summed E-state index contributed by atoms with van der Waals surface area (Å²) in [7, 11) is 2.91. The van der Waals surface area contributed by atoms with Gasteiger partial charge in [0.05, 0.1) is 4.47 Å². The average molecular weight is 299 g/mol. The summed E-state index contributed by atoms with van der Waals surface area (Å²) >= 11 is 3.11. The second-order valence-corrected chi connectivity index (χ2v) is 3.94. The number of aromatic nitrogens is 2. The fourth-order valence-electron chi connectivity index (χ4n) is 1.09. The van der Waals surface area contributed by atoms with Crippen LogP contribution in [0.15, 0.2) is 10.7 Å². The van der Waals surface area contributed by atoms with Crippen molar-refractivity contribution in [2.24, 2.45) is 0 Å². The number of nitrogens with one attached hydrogen (secondary N) is 1. The number of rotatable bonds is 3. The van der Waals surface area contributed by atoms with Crippen molar-refractivity contribution < 1.29 is 13.2 Å². The Morgan fingerprint density at radius 3 is 2.62 bits per heavy atom. The van der Waals surface area contributed by atoms with E-state index in [1.807, 2.05) is 0 Å². The van der Waals surface area contributed by atoms with Crippen LogP contribution in [0.4, 0.5) is 24.9 Å². The molecule has 0 saturated heterocycles. The standard InChI is InChI=1S/C8H10BrF3N4/c1-13-7-14-3-5(9)6(15-7)16(2)4-8(10,11)12/h3H,4H2,1-2H3,(H,13,14,15). The van der Waals surface area contributed by atoms with E-state index in [-0.39, 0.29) is 11.8 Å². The van der Waals surface area contributed by atoms with E-state index in [1.54, 1.807) is 7.05 Å². The van der Waals surface area contributed by atoms with E-state index >= 15 is 0 Å². The van der Waals surface area contributed by atoms with Crippen molar-refractivity contribution in [1.82, 2.24) is 9.97 Å². The molecule has 16 heavy (non-hydrogen) atoms. The van der Waals surface area contributed by atoms with Crippen molar-refractivity contribution in [2.75, 3.05) is 30.9 Å². The molecule has 1 N–H and O–H groups in total. The molecule has 90 valence electrons. The van der Waals surface area contributed by atoms with Gasteiger partial charge in [0.1, 0.15) is 12.4 Å². The van der Waals surface area contributed by atoms with Crippen LogP contribution in [-0.4, -0.2) is 36.8 Å². The average Bonchev–Trinajstić information content (AvgIpc) is 2.15. The number of hydrogen-bond donors (Lipinski definition) is 1. The van der Waals surface area contributed by atoms with Gasteiger partial charge in [0.25, 0.3) is 0 Å². The summed E-state index contributed by atoms with van der Waals surface area (Å²) in [4.78, 5) is 8.80. The van der Waals surface area contributed by atoms with E-state index < -0.39 is 12.7 Å². The minimum Gasteiger partial charge on any atom is -0.357 e. The Labute approximate surface area is 99.0 Å². The summed E-state index contributed by atoms with van der Waals surface area (Å²) in [5, 5.41) is 2.66. The smallest absolute Gasteiger partial charge is 0.357 e. The van der Waals surface area contributed by atoms with Crippen molar-refractivity contribution in [3.63, 3.8) is 0 Å². The number of anilines is 2. The molecule has 0 atom stereocenters. The van der Waals surface area contributed by atoms with Crippen molar-refractivity contribution in [2.45, 2.75) is 6.18 Å². The molecule has 0 radical (unpaired) electrons. The Balaban J connectivity index is 2.93. The van der Waals surface area contributed by atoms with Crippen LogP contribution < -0.4 is 10.2 Å². The number of halogens is 4. The monoisotopic (exact) mass is 298 g/mol. The van der Waals surface area contributed by atoms with Crippen LogP contribution >= 0.6 is 15.9 Å². The fourth-order valence-corrected chi connectivity index (χ4v) is 1.58. The molecule has 0 unspecified atom stereocenters. The van der Waals surface area contributed by atoms with Gasteiger partial charge < -0.3 is 10.2 Å². The largest absolute Gasteiger partial charge is 0.405 e. The zero-order valence-electron chi connectivity index (χ0n) is 8.64. The van der Waals surface area contributed by atoms with Crippen molar-refractivity contribution >= 4 is 27.7 Å². The highest BCUT2D eigenvalue weighted by Crippen LogP contribution is 2.26. The zero-order valence-corrected chi connectivity index (χ0v) is 10.2. The Hall–Kier alpha value is -1.05. The minimum absolute atomic E-state index is 0.191. The molecule has 0 bridgehead atoms. The molecule has 1 rings (SSSR count). The normalized spacial score (nSPS) is 11.4. The van der Waals surface area contributed by atoms with E-state index in [2.05, 4.69) is 31.2 Å². The Bertz CT molecular complexity index is 369. The number of hydrogen-bond acceptors (Lipinski definition) is 4. The van der Waals surface area contributed by atoms with Crippen molar-refractivity contribution in [3.8, 4) is 0 Å². The summed E-state index contributed by atoms with van der Waals surface area (Å²) in [5.74, 6) is 0.462. The Morgan fingerprint density at radius 1 is 1.50 bits per heavy atom. The first-order valence-electron chi connectivity index (χ1n) is 4.31.